The van der Waals surface area contributed by atoms with Crippen molar-refractivity contribution >= 4 is 0 Å². The highest BCUT2D eigenvalue weighted by molar-refractivity contribution is 5.23. The van der Waals surface area contributed by atoms with Gasteiger partial charge in [-0.1, -0.05) is 6.08 Å². The first-order chi connectivity index (χ1) is 4.95. The van der Waals surface area contributed by atoms with Gasteiger partial charge in [0.1, 0.15) is 0 Å². The fourth-order valence-corrected chi connectivity index (χ4v) is 2.08. The van der Waals surface area contributed by atoms with Gasteiger partial charge in [0.25, 0.3) is 0 Å². The van der Waals surface area contributed by atoms with E-state index in [0.717, 1.165) is 0 Å². The standard InChI is InChI=1S/C8H10N2/c1-2-8-4-6-9-5-3-7(1)10(8)9/h1,4,6,8H,2-3,5H2. The summed E-state index contributed by atoms with van der Waals surface area (Å²) in [4.78, 5) is 0. The second kappa shape index (κ2) is 1.39. The predicted octanol–water partition coefficient (Wildman–Crippen LogP) is 1.09. The minimum Gasteiger partial charge on any atom is -0.292 e. The Hall–Kier alpha value is -0.920. The second-order valence-electron chi connectivity index (χ2n) is 3.10. The van der Waals surface area contributed by atoms with Gasteiger partial charge in [0.05, 0.1) is 6.04 Å². The van der Waals surface area contributed by atoms with Crippen LogP contribution >= 0.6 is 0 Å². The Balaban J connectivity index is 2.09. The van der Waals surface area contributed by atoms with Crippen LogP contribution in [0.5, 0.6) is 0 Å². The summed E-state index contributed by atoms with van der Waals surface area (Å²) < 4.78 is 0. The van der Waals surface area contributed by atoms with E-state index in [9.17, 15) is 0 Å². The van der Waals surface area contributed by atoms with Gasteiger partial charge in [-0.25, -0.2) is 0 Å². The zero-order chi connectivity index (χ0) is 6.55. The van der Waals surface area contributed by atoms with Crippen molar-refractivity contribution in [2.75, 3.05) is 6.54 Å². The van der Waals surface area contributed by atoms with Crippen molar-refractivity contribution in [1.82, 2.24) is 10.0 Å². The SMILES string of the molecule is C1=CN2CCC3=CCC1N32. The van der Waals surface area contributed by atoms with E-state index in [2.05, 4.69) is 28.4 Å². The van der Waals surface area contributed by atoms with Gasteiger partial charge in [0.15, 0.2) is 0 Å². The van der Waals surface area contributed by atoms with Crippen molar-refractivity contribution in [3.63, 3.8) is 0 Å². The molecule has 0 saturated carbocycles. The molecule has 52 valence electrons. The molecule has 3 aliphatic heterocycles. The first kappa shape index (κ1) is 4.83. The van der Waals surface area contributed by atoms with Gasteiger partial charge in [-0.05, 0) is 12.5 Å². The maximum atomic E-state index is 2.42. The molecule has 0 spiro atoms. The number of hydrogen-bond donors (Lipinski definition) is 0. The van der Waals surface area contributed by atoms with Crippen LogP contribution in [0.25, 0.3) is 0 Å². The van der Waals surface area contributed by atoms with Crippen LogP contribution in [-0.2, 0) is 0 Å². The number of rotatable bonds is 0. The van der Waals surface area contributed by atoms with E-state index in [0.29, 0.717) is 6.04 Å². The second-order valence-corrected chi connectivity index (χ2v) is 3.10. The normalized spacial score (nSPS) is 33.6. The van der Waals surface area contributed by atoms with E-state index in [-0.39, 0.29) is 0 Å². The molecule has 0 aliphatic carbocycles. The lowest BCUT2D eigenvalue weighted by Gasteiger charge is -2.24. The summed E-state index contributed by atoms with van der Waals surface area (Å²) in [5, 5.41) is 4.74. The summed E-state index contributed by atoms with van der Waals surface area (Å²) in [6.07, 6.45) is 9.35. The van der Waals surface area contributed by atoms with Crippen LogP contribution in [0.1, 0.15) is 12.8 Å². The molecule has 0 bridgehead atoms. The molecule has 1 unspecified atom stereocenters. The van der Waals surface area contributed by atoms with E-state index in [4.69, 9.17) is 0 Å². The topological polar surface area (TPSA) is 6.48 Å². The van der Waals surface area contributed by atoms with Crippen molar-refractivity contribution in [3.05, 3.63) is 24.0 Å². The lowest BCUT2D eigenvalue weighted by Crippen LogP contribution is -2.30. The summed E-state index contributed by atoms with van der Waals surface area (Å²) in [7, 11) is 0. The first-order valence-corrected chi connectivity index (χ1v) is 3.88. The van der Waals surface area contributed by atoms with Crippen molar-refractivity contribution in [1.29, 1.82) is 0 Å². The molecule has 2 nitrogen and oxygen atoms in total. The molecular formula is C8H10N2. The quantitative estimate of drug-likeness (QED) is 0.489. The van der Waals surface area contributed by atoms with E-state index in [1.807, 2.05) is 0 Å². The van der Waals surface area contributed by atoms with Crippen molar-refractivity contribution in [2.24, 2.45) is 0 Å². The smallest absolute Gasteiger partial charge is 0.0735 e. The largest absolute Gasteiger partial charge is 0.292 e. The van der Waals surface area contributed by atoms with E-state index in [1.54, 1.807) is 0 Å². The Morgan fingerprint density at radius 2 is 2.50 bits per heavy atom. The fraction of sp³-hybridized carbons (Fsp3) is 0.500. The Bertz CT molecular complexity index is 229. The van der Waals surface area contributed by atoms with Gasteiger partial charge < -0.3 is 0 Å². The molecule has 1 atom stereocenters. The molecule has 0 N–H and O–H groups in total. The summed E-state index contributed by atoms with van der Waals surface area (Å²) >= 11 is 0. The minimum absolute atomic E-state index is 0.678. The molecule has 1 saturated heterocycles. The van der Waals surface area contributed by atoms with Gasteiger partial charge >= 0.3 is 0 Å². The van der Waals surface area contributed by atoms with Gasteiger partial charge in [-0.2, -0.15) is 0 Å². The molecule has 3 aliphatic rings. The monoisotopic (exact) mass is 134 g/mol. The first-order valence-electron chi connectivity index (χ1n) is 3.88. The highest BCUT2D eigenvalue weighted by Crippen LogP contribution is 2.36. The number of hydrazine groups is 1. The molecule has 0 amide bonds. The zero-order valence-electron chi connectivity index (χ0n) is 5.83. The summed E-state index contributed by atoms with van der Waals surface area (Å²) in [6.45, 7) is 1.19. The maximum absolute atomic E-state index is 2.42. The third-order valence-electron chi connectivity index (χ3n) is 2.56. The fourth-order valence-electron chi connectivity index (χ4n) is 2.08. The predicted molar refractivity (Wildman–Crippen MR) is 38.8 cm³/mol. The molecule has 3 rings (SSSR count). The van der Waals surface area contributed by atoms with Crippen LogP contribution in [0.3, 0.4) is 0 Å². The Morgan fingerprint density at radius 1 is 1.50 bits per heavy atom. The van der Waals surface area contributed by atoms with Crippen LogP contribution in [0.2, 0.25) is 0 Å². The van der Waals surface area contributed by atoms with Gasteiger partial charge in [0, 0.05) is 24.9 Å². The van der Waals surface area contributed by atoms with Crippen LogP contribution in [0.4, 0.5) is 0 Å². The average molecular weight is 134 g/mol. The highest BCUT2D eigenvalue weighted by Gasteiger charge is 2.36. The molecule has 3 heterocycles. The molecule has 0 aromatic rings. The summed E-state index contributed by atoms with van der Waals surface area (Å²) in [5.41, 5.74) is 1.54. The lowest BCUT2D eigenvalue weighted by molar-refractivity contribution is 0.115. The molecule has 1 fully saturated rings. The summed E-state index contributed by atoms with van der Waals surface area (Å²) in [5.74, 6) is 0. The molecule has 10 heavy (non-hydrogen) atoms. The molecule has 0 aromatic carbocycles. The van der Waals surface area contributed by atoms with Crippen LogP contribution in [-0.4, -0.2) is 22.6 Å². The maximum Gasteiger partial charge on any atom is 0.0735 e. The van der Waals surface area contributed by atoms with Crippen LogP contribution < -0.4 is 0 Å². The van der Waals surface area contributed by atoms with E-state index < -0.39 is 0 Å². The number of hydrogen-bond acceptors (Lipinski definition) is 2. The van der Waals surface area contributed by atoms with Gasteiger partial charge in [-0.3, -0.25) is 10.0 Å². The van der Waals surface area contributed by atoms with Crippen molar-refractivity contribution in [3.8, 4) is 0 Å². The molecule has 0 radical (unpaired) electrons. The Morgan fingerprint density at radius 3 is 3.50 bits per heavy atom. The average Bonchev–Trinajstić information content (AvgIpc) is 2.56. The lowest BCUT2D eigenvalue weighted by atomic mass is 10.2. The van der Waals surface area contributed by atoms with Crippen LogP contribution in [0.15, 0.2) is 24.0 Å². The number of nitrogens with zero attached hydrogens (tertiary/aromatic N) is 2. The highest BCUT2D eigenvalue weighted by atomic mass is 15.7. The minimum atomic E-state index is 0.678. The van der Waals surface area contributed by atoms with Gasteiger partial charge in [0.2, 0.25) is 0 Å². The van der Waals surface area contributed by atoms with Crippen molar-refractivity contribution in [2.45, 2.75) is 18.9 Å². The summed E-state index contributed by atoms with van der Waals surface area (Å²) in [6, 6.07) is 0.678. The van der Waals surface area contributed by atoms with Crippen molar-refractivity contribution < 1.29 is 0 Å². The molecule has 2 heteroatoms. The van der Waals surface area contributed by atoms with Gasteiger partial charge in [-0.15, -0.1) is 0 Å². The van der Waals surface area contributed by atoms with Crippen LogP contribution in [0, 0.1) is 0 Å². The van der Waals surface area contributed by atoms with E-state index >= 15 is 0 Å². The molecular weight excluding hydrogens is 124 g/mol. The Labute approximate surface area is 60.4 Å². The third kappa shape index (κ3) is 0.385. The molecule has 0 aromatic heterocycles. The zero-order valence-corrected chi connectivity index (χ0v) is 5.83. The third-order valence-corrected chi connectivity index (χ3v) is 2.56. The van der Waals surface area contributed by atoms with E-state index in [1.165, 1.54) is 25.1 Å². The Kier molecular flexibility index (Phi) is 0.670.